The molecule has 0 spiro atoms. The molecule has 1 aromatic heterocycles. The summed E-state index contributed by atoms with van der Waals surface area (Å²) in [6, 6.07) is 3.70. The van der Waals surface area contributed by atoms with Crippen LogP contribution in [0.3, 0.4) is 0 Å². The van der Waals surface area contributed by atoms with E-state index < -0.39 is 9.84 Å². The Morgan fingerprint density at radius 3 is 2.83 bits per heavy atom. The van der Waals surface area contributed by atoms with Crippen molar-refractivity contribution in [2.75, 3.05) is 12.3 Å². The smallest absolute Gasteiger partial charge is 0.156 e. The van der Waals surface area contributed by atoms with Gasteiger partial charge in [0.2, 0.25) is 0 Å². The molecule has 6 heteroatoms. The summed E-state index contributed by atoms with van der Waals surface area (Å²) in [4.78, 5) is 3.94. The lowest BCUT2D eigenvalue weighted by Crippen LogP contribution is -2.39. The molecule has 1 unspecified atom stereocenters. The first-order valence-electron chi connectivity index (χ1n) is 5.98. The van der Waals surface area contributed by atoms with Crippen molar-refractivity contribution in [1.82, 2.24) is 10.3 Å². The van der Waals surface area contributed by atoms with Crippen LogP contribution < -0.4 is 5.32 Å². The van der Waals surface area contributed by atoms with E-state index in [2.05, 4.69) is 10.3 Å². The Morgan fingerprint density at radius 2 is 2.22 bits per heavy atom. The largest absolute Gasteiger partial charge is 0.313 e. The SMILES string of the molecule is Cl.O=S(=O)(Cc1cccnc1)CC1CCCCN1. The summed E-state index contributed by atoms with van der Waals surface area (Å²) in [6.45, 7) is 0.938. The first-order chi connectivity index (χ1) is 8.16. The molecule has 1 saturated heterocycles. The molecule has 18 heavy (non-hydrogen) atoms. The van der Waals surface area contributed by atoms with Gasteiger partial charge in [0.05, 0.1) is 11.5 Å². The minimum Gasteiger partial charge on any atom is -0.313 e. The Balaban J connectivity index is 0.00000162. The maximum Gasteiger partial charge on any atom is 0.156 e. The third-order valence-corrected chi connectivity index (χ3v) is 4.66. The van der Waals surface area contributed by atoms with E-state index in [0.717, 1.165) is 31.4 Å². The minimum absolute atomic E-state index is 0. The van der Waals surface area contributed by atoms with Gasteiger partial charge in [-0.05, 0) is 31.0 Å². The van der Waals surface area contributed by atoms with Gasteiger partial charge < -0.3 is 5.32 Å². The van der Waals surface area contributed by atoms with Crippen molar-refractivity contribution in [3.63, 3.8) is 0 Å². The van der Waals surface area contributed by atoms with Crippen LogP contribution >= 0.6 is 12.4 Å². The molecule has 1 aromatic rings. The van der Waals surface area contributed by atoms with E-state index in [-0.39, 0.29) is 30.0 Å². The van der Waals surface area contributed by atoms with Crippen LogP contribution in [0, 0.1) is 0 Å². The molecule has 2 heterocycles. The van der Waals surface area contributed by atoms with E-state index in [1.54, 1.807) is 24.5 Å². The quantitative estimate of drug-likeness (QED) is 0.914. The van der Waals surface area contributed by atoms with Gasteiger partial charge in [0, 0.05) is 18.4 Å². The van der Waals surface area contributed by atoms with E-state index in [1.807, 2.05) is 0 Å². The number of hydrogen-bond acceptors (Lipinski definition) is 4. The number of nitrogens with one attached hydrogen (secondary N) is 1. The Kier molecular flexibility index (Phi) is 6.05. The maximum atomic E-state index is 12.0. The minimum atomic E-state index is -3.04. The number of nitrogens with zero attached hydrogens (tertiary/aromatic N) is 1. The van der Waals surface area contributed by atoms with E-state index in [9.17, 15) is 8.42 Å². The lowest BCUT2D eigenvalue weighted by Gasteiger charge is -2.23. The zero-order chi connectivity index (χ0) is 12.1. The summed E-state index contributed by atoms with van der Waals surface area (Å²) in [7, 11) is -3.04. The first-order valence-corrected chi connectivity index (χ1v) is 7.80. The van der Waals surface area contributed by atoms with Crippen LogP contribution in [0.15, 0.2) is 24.5 Å². The van der Waals surface area contributed by atoms with Crippen LogP contribution in [0.1, 0.15) is 24.8 Å². The second kappa shape index (κ2) is 7.07. The molecule has 1 N–H and O–H groups in total. The first kappa shape index (κ1) is 15.4. The lowest BCUT2D eigenvalue weighted by molar-refractivity contribution is 0.423. The monoisotopic (exact) mass is 290 g/mol. The second-order valence-electron chi connectivity index (χ2n) is 4.56. The third kappa shape index (κ3) is 4.92. The molecule has 0 saturated carbocycles. The Labute approximate surface area is 115 Å². The van der Waals surface area contributed by atoms with E-state index >= 15 is 0 Å². The number of piperidine rings is 1. The highest BCUT2D eigenvalue weighted by Gasteiger charge is 2.21. The van der Waals surface area contributed by atoms with E-state index in [4.69, 9.17) is 0 Å². The fourth-order valence-corrected chi connectivity index (χ4v) is 3.86. The number of aromatic nitrogens is 1. The van der Waals surface area contributed by atoms with Gasteiger partial charge in [0.25, 0.3) is 0 Å². The Morgan fingerprint density at radius 1 is 1.39 bits per heavy atom. The molecule has 2 rings (SSSR count). The van der Waals surface area contributed by atoms with Crippen LogP contribution in [-0.4, -0.2) is 31.7 Å². The van der Waals surface area contributed by atoms with Crippen molar-refractivity contribution in [3.8, 4) is 0 Å². The highest BCUT2D eigenvalue weighted by atomic mass is 35.5. The van der Waals surface area contributed by atoms with Crippen molar-refractivity contribution in [3.05, 3.63) is 30.1 Å². The summed E-state index contributed by atoms with van der Waals surface area (Å²) in [6.07, 6.45) is 6.51. The van der Waals surface area contributed by atoms with Gasteiger partial charge in [-0.2, -0.15) is 0 Å². The average molecular weight is 291 g/mol. The van der Waals surface area contributed by atoms with Crippen LogP contribution in [0.4, 0.5) is 0 Å². The molecular formula is C12H19ClN2O2S. The molecule has 0 aromatic carbocycles. The molecule has 1 fully saturated rings. The van der Waals surface area contributed by atoms with Gasteiger partial charge in [0.1, 0.15) is 0 Å². The molecule has 1 aliphatic rings. The summed E-state index contributed by atoms with van der Waals surface area (Å²) < 4.78 is 24.0. The lowest BCUT2D eigenvalue weighted by atomic mass is 10.1. The average Bonchev–Trinajstić information content (AvgIpc) is 2.30. The third-order valence-electron chi connectivity index (χ3n) is 2.98. The maximum absolute atomic E-state index is 12.0. The van der Waals surface area contributed by atoms with Crippen molar-refractivity contribution in [2.24, 2.45) is 0 Å². The summed E-state index contributed by atoms with van der Waals surface area (Å²) in [5.74, 6) is 0.334. The highest BCUT2D eigenvalue weighted by molar-refractivity contribution is 7.90. The second-order valence-corrected chi connectivity index (χ2v) is 6.67. The van der Waals surface area contributed by atoms with E-state index in [1.165, 1.54) is 0 Å². The molecule has 4 nitrogen and oxygen atoms in total. The molecule has 1 aliphatic heterocycles. The molecule has 0 radical (unpaired) electrons. The number of rotatable bonds is 4. The van der Waals surface area contributed by atoms with Gasteiger partial charge in [-0.1, -0.05) is 12.5 Å². The molecular weight excluding hydrogens is 272 g/mol. The molecule has 0 aliphatic carbocycles. The zero-order valence-electron chi connectivity index (χ0n) is 10.2. The van der Waals surface area contributed by atoms with Gasteiger partial charge in [-0.25, -0.2) is 8.42 Å². The van der Waals surface area contributed by atoms with Crippen LogP contribution in [0.5, 0.6) is 0 Å². The van der Waals surface area contributed by atoms with Crippen LogP contribution in [0.2, 0.25) is 0 Å². The van der Waals surface area contributed by atoms with Crippen molar-refractivity contribution in [2.45, 2.75) is 31.1 Å². The zero-order valence-corrected chi connectivity index (χ0v) is 11.8. The summed E-state index contributed by atoms with van der Waals surface area (Å²) in [5, 5.41) is 3.27. The van der Waals surface area contributed by atoms with Crippen molar-refractivity contribution in [1.29, 1.82) is 0 Å². The number of halogens is 1. The molecule has 0 amide bonds. The number of hydrogen-bond donors (Lipinski definition) is 1. The topological polar surface area (TPSA) is 59.1 Å². The predicted molar refractivity (Wildman–Crippen MR) is 74.6 cm³/mol. The predicted octanol–water partition coefficient (Wildman–Crippen LogP) is 1.56. The highest BCUT2D eigenvalue weighted by Crippen LogP contribution is 2.12. The normalized spacial score (nSPS) is 20.1. The molecule has 1 atom stereocenters. The molecule has 0 bridgehead atoms. The van der Waals surface area contributed by atoms with E-state index in [0.29, 0.717) is 0 Å². The Bertz CT molecular complexity index is 444. The van der Waals surface area contributed by atoms with Gasteiger partial charge in [0.15, 0.2) is 9.84 Å². The fourth-order valence-electron chi connectivity index (χ4n) is 2.17. The van der Waals surface area contributed by atoms with Crippen LogP contribution in [0.25, 0.3) is 0 Å². The van der Waals surface area contributed by atoms with Crippen molar-refractivity contribution < 1.29 is 8.42 Å². The number of pyridine rings is 1. The van der Waals surface area contributed by atoms with Crippen LogP contribution in [-0.2, 0) is 15.6 Å². The standard InChI is InChI=1S/C12H18N2O2S.ClH/c15-17(16,9-11-4-3-6-13-8-11)10-12-5-1-2-7-14-12;/h3-4,6,8,12,14H,1-2,5,7,9-10H2;1H. The number of sulfone groups is 1. The summed E-state index contributed by atoms with van der Waals surface area (Å²) >= 11 is 0. The van der Waals surface area contributed by atoms with Crippen molar-refractivity contribution >= 4 is 22.2 Å². The van der Waals surface area contributed by atoms with Gasteiger partial charge in [-0.3, -0.25) is 4.98 Å². The fraction of sp³-hybridized carbons (Fsp3) is 0.583. The molecule has 102 valence electrons. The van der Waals surface area contributed by atoms with Gasteiger partial charge in [-0.15, -0.1) is 12.4 Å². The Hall–Kier alpha value is -0.650. The summed E-state index contributed by atoms with van der Waals surface area (Å²) in [5.41, 5.74) is 0.767. The van der Waals surface area contributed by atoms with Gasteiger partial charge >= 0.3 is 0 Å².